The maximum absolute atomic E-state index is 12.9. The van der Waals surface area contributed by atoms with E-state index >= 15 is 0 Å². The highest BCUT2D eigenvalue weighted by Crippen LogP contribution is 2.22. The molecule has 1 aromatic heterocycles. The fourth-order valence-corrected chi connectivity index (χ4v) is 3.35. The summed E-state index contributed by atoms with van der Waals surface area (Å²) in [6.45, 7) is 7.98. The van der Waals surface area contributed by atoms with Crippen molar-refractivity contribution in [1.29, 1.82) is 0 Å². The fourth-order valence-electron chi connectivity index (χ4n) is 3.35. The summed E-state index contributed by atoms with van der Waals surface area (Å²) in [4.78, 5) is 28.0. The first-order valence-corrected chi connectivity index (χ1v) is 8.28. The van der Waals surface area contributed by atoms with Crippen molar-refractivity contribution in [3.8, 4) is 5.69 Å². The molecule has 3 rings (SSSR count). The van der Waals surface area contributed by atoms with Crippen LogP contribution in [0, 0.1) is 13.8 Å². The van der Waals surface area contributed by atoms with Crippen molar-refractivity contribution in [2.45, 2.75) is 20.8 Å². The molecule has 24 heavy (non-hydrogen) atoms. The van der Waals surface area contributed by atoms with Crippen molar-refractivity contribution in [2.75, 3.05) is 26.2 Å². The van der Waals surface area contributed by atoms with Crippen LogP contribution in [0.1, 0.15) is 28.7 Å². The second-order valence-electron chi connectivity index (χ2n) is 6.25. The minimum atomic E-state index is 0.0495. The number of carbonyl (C=O) groups is 2. The zero-order valence-corrected chi connectivity index (χ0v) is 14.5. The summed E-state index contributed by atoms with van der Waals surface area (Å²) in [5, 5.41) is 0. The molecule has 2 heterocycles. The van der Waals surface area contributed by atoms with Gasteiger partial charge in [0.1, 0.15) is 0 Å². The molecule has 1 aliphatic heterocycles. The van der Waals surface area contributed by atoms with E-state index in [-0.39, 0.29) is 11.8 Å². The molecule has 1 saturated heterocycles. The number of nitrogens with zero attached hydrogens (tertiary/aromatic N) is 3. The number of para-hydroxylation sites is 1. The summed E-state index contributed by atoms with van der Waals surface area (Å²) in [7, 11) is 0. The molecule has 0 atom stereocenters. The standard InChI is InChI=1S/C19H23N3O2/c1-14-13-18(15(2)22(14)17-7-5-4-6-8-17)19(24)21-11-9-20(10-12-21)16(3)23/h4-8,13H,9-12H2,1-3H3. The second-order valence-corrected chi connectivity index (χ2v) is 6.25. The first-order valence-electron chi connectivity index (χ1n) is 8.28. The Bertz CT molecular complexity index is 756. The highest BCUT2D eigenvalue weighted by Gasteiger charge is 2.26. The molecule has 0 unspecified atom stereocenters. The molecule has 0 radical (unpaired) electrons. The normalized spacial score (nSPS) is 14.8. The maximum Gasteiger partial charge on any atom is 0.255 e. The zero-order valence-electron chi connectivity index (χ0n) is 14.5. The molecule has 126 valence electrons. The van der Waals surface area contributed by atoms with Crippen LogP contribution in [0.3, 0.4) is 0 Å². The van der Waals surface area contributed by atoms with E-state index in [0.29, 0.717) is 26.2 Å². The van der Waals surface area contributed by atoms with Crippen molar-refractivity contribution < 1.29 is 9.59 Å². The Hall–Kier alpha value is -2.56. The number of hydrogen-bond donors (Lipinski definition) is 0. The van der Waals surface area contributed by atoms with Crippen molar-refractivity contribution in [2.24, 2.45) is 0 Å². The number of aromatic nitrogens is 1. The molecule has 0 saturated carbocycles. The fraction of sp³-hybridized carbons (Fsp3) is 0.368. The van der Waals surface area contributed by atoms with Crippen molar-refractivity contribution in [1.82, 2.24) is 14.4 Å². The van der Waals surface area contributed by atoms with E-state index in [4.69, 9.17) is 0 Å². The monoisotopic (exact) mass is 325 g/mol. The Kier molecular flexibility index (Phi) is 4.42. The molecule has 0 aliphatic carbocycles. The third-order valence-corrected chi connectivity index (χ3v) is 4.69. The van der Waals surface area contributed by atoms with Gasteiger partial charge in [0, 0.05) is 50.2 Å². The predicted octanol–water partition coefficient (Wildman–Crippen LogP) is 2.40. The molecular formula is C19H23N3O2. The van der Waals surface area contributed by atoms with Gasteiger partial charge in [-0.15, -0.1) is 0 Å². The van der Waals surface area contributed by atoms with E-state index in [1.54, 1.807) is 11.8 Å². The lowest BCUT2D eigenvalue weighted by molar-refractivity contribution is -0.130. The van der Waals surface area contributed by atoms with E-state index in [1.807, 2.05) is 55.1 Å². The number of piperazine rings is 1. The molecule has 5 heteroatoms. The summed E-state index contributed by atoms with van der Waals surface area (Å²) in [6, 6.07) is 12.0. The number of hydrogen-bond acceptors (Lipinski definition) is 2. The Labute approximate surface area is 142 Å². The SMILES string of the molecule is CC(=O)N1CCN(C(=O)c2cc(C)n(-c3ccccc3)c2C)CC1. The van der Waals surface area contributed by atoms with Crippen LogP contribution in [-0.4, -0.2) is 52.4 Å². The van der Waals surface area contributed by atoms with Crippen LogP contribution in [0.15, 0.2) is 36.4 Å². The van der Waals surface area contributed by atoms with Gasteiger partial charge in [0.05, 0.1) is 5.56 Å². The van der Waals surface area contributed by atoms with Gasteiger partial charge in [-0.3, -0.25) is 9.59 Å². The smallest absolute Gasteiger partial charge is 0.255 e. The molecule has 2 aromatic rings. The van der Waals surface area contributed by atoms with Gasteiger partial charge in [-0.2, -0.15) is 0 Å². The molecule has 5 nitrogen and oxygen atoms in total. The van der Waals surface area contributed by atoms with E-state index in [2.05, 4.69) is 4.57 Å². The topological polar surface area (TPSA) is 45.6 Å². The molecule has 0 bridgehead atoms. The van der Waals surface area contributed by atoms with E-state index in [9.17, 15) is 9.59 Å². The van der Waals surface area contributed by atoms with Gasteiger partial charge >= 0.3 is 0 Å². The largest absolute Gasteiger partial charge is 0.339 e. The quantitative estimate of drug-likeness (QED) is 0.851. The Balaban J connectivity index is 1.83. The first-order chi connectivity index (χ1) is 11.5. The lowest BCUT2D eigenvalue weighted by atomic mass is 10.2. The van der Waals surface area contributed by atoms with Crippen LogP contribution in [0.2, 0.25) is 0 Å². The van der Waals surface area contributed by atoms with E-state index in [0.717, 1.165) is 22.6 Å². The van der Waals surface area contributed by atoms with Gasteiger partial charge in [0.15, 0.2) is 0 Å². The first kappa shape index (κ1) is 16.3. The third-order valence-electron chi connectivity index (χ3n) is 4.69. The molecule has 2 amide bonds. The van der Waals surface area contributed by atoms with Crippen LogP contribution >= 0.6 is 0 Å². The Morgan fingerprint density at radius 3 is 2.08 bits per heavy atom. The number of aryl methyl sites for hydroxylation is 1. The zero-order chi connectivity index (χ0) is 17.3. The number of amides is 2. The summed E-state index contributed by atoms with van der Waals surface area (Å²) in [6.07, 6.45) is 0. The van der Waals surface area contributed by atoms with Crippen LogP contribution < -0.4 is 0 Å². The van der Waals surface area contributed by atoms with Crippen LogP contribution in [-0.2, 0) is 4.79 Å². The minimum absolute atomic E-state index is 0.0495. The van der Waals surface area contributed by atoms with Crippen molar-refractivity contribution in [3.63, 3.8) is 0 Å². The minimum Gasteiger partial charge on any atom is -0.339 e. The van der Waals surface area contributed by atoms with Crippen LogP contribution in [0.4, 0.5) is 0 Å². The molecule has 1 fully saturated rings. The summed E-state index contributed by atoms with van der Waals surface area (Å²) in [5.41, 5.74) is 3.81. The second kappa shape index (κ2) is 6.51. The van der Waals surface area contributed by atoms with Crippen LogP contribution in [0.5, 0.6) is 0 Å². The molecule has 1 aliphatic rings. The van der Waals surface area contributed by atoms with E-state index in [1.165, 1.54) is 0 Å². The molecule has 0 spiro atoms. The van der Waals surface area contributed by atoms with Gasteiger partial charge in [-0.1, -0.05) is 18.2 Å². The average Bonchev–Trinajstić information content (AvgIpc) is 2.89. The maximum atomic E-state index is 12.9. The Morgan fingerprint density at radius 1 is 0.917 bits per heavy atom. The lowest BCUT2D eigenvalue weighted by Gasteiger charge is -2.34. The third kappa shape index (κ3) is 2.94. The van der Waals surface area contributed by atoms with Gasteiger partial charge in [-0.05, 0) is 32.0 Å². The van der Waals surface area contributed by atoms with E-state index < -0.39 is 0 Å². The molecule has 0 N–H and O–H groups in total. The van der Waals surface area contributed by atoms with Gasteiger partial charge in [0.2, 0.25) is 5.91 Å². The highest BCUT2D eigenvalue weighted by atomic mass is 16.2. The molecule has 1 aromatic carbocycles. The summed E-state index contributed by atoms with van der Waals surface area (Å²) >= 11 is 0. The van der Waals surface area contributed by atoms with Gasteiger partial charge in [0.25, 0.3) is 5.91 Å². The molecular weight excluding hydrogens is 302 g/mol. The predicted molar refractivity (Wildman–Crippen MR) is 93.4 cm³/mol. The van der Waals surface area contributed by atoms with Crippen molar-refractivity contribution >= 4 is 11.8 Å². The average molecular weight is 325 g/mol. The van der Waals surface area contributed by atoms with Crippen molar-refractivity contribution in [3.05, 3.63) is 53.3 Å². The number of rotatable bonds is 2. The summed E-state index contributed by atoms with van der Waals surface area (Å²) in [5.74, 6) is 0.123. The highest BCUT2D eigenvalue weighted by molar-refractivity contribution is 5.96. The number of carbonyl (C=O) groups excluding carboxylic acids is 2. The summed E-state index contributed by atoms with van der Waals surface area (Å²) < 4.78 is 2.11. The van der Waals surface area contributed by atoms with Gasteiger partial charge in [-0.25, -0.2) is 0 Å². The van der Waals surface area contributed by atoms with Gasteiger partial charge < -0.3 is 14.4 Å². The van der Waals surface area contributed by atoms with Crippen LogP contribution in [0.25, 0.3) is 5.69 Å². The lowest BCUT2D eigenvalue weighted by Crippen LogP contribution is -2.50. The Morgan fingerprint density at radius 2 is 1.50 bits per heavy atom. The number of benzene rings is 1.